The van der Waals surface area contributed by atoms with Crippen LogP contribution in [0, 0.1) is 5.92 Å². The number of aliphatic hydroxyl groups is 1. The second-order valence-corrected chi connectivity index (χ2v) is 7.82. The Morgan fingerprint density at radius 3 is 2.62 bits per heavy atom. The van der Waals surface area contributed by atoms with E-state index in [4.69, 9.17) is 4.74 Å². The van der Waals surface area contributed by atoms with E-state index in [0.29, 0.717) is 18.7 Å². The van der Waals surface area contributed by atoms with Crippen LogP contribution in [0.15, 0.2) is 23.1 Å². The lowest BCUT2D eigenvalue weighted by molar-refractivity contribution is 0.0404. The minimum Gasteiger partial charge on any atom is -0.496 e. The lowest BCUT2D eigenvalue weighted by Gasteiger charge is -2.21. The molecule has 5 nitrogen and oxygen atoms in total. The molecule has 0 bridgehead atoms. The fraction of sp³-hybridized carbons (Fsp3) is 0.600. The van der Waals surface area contributed by atoms with Gasteiger partial charge >= 0.3 is 0 Å². The zero-order valence-corrected chi connectivity index (χ0v) is 13.8. The third kappa shape index (κ3) is 2.93. The highest BCUT2D eigenvalue weighted by atomic mass is 32.2. The van der Waals surface area contributed by atoms with Crippen LogP contribution in [0.5, 0.6) is 5.75 Å². The predicted octanol–water partition coefficient (Wildman–Crippen LogP) is 1.65. The van der Waals surface area contributed by atoms with Gasteiger partial charge in [0.15, 0.2) is 0 Å². The fourth-order valence-corrected chi connectivity index (χ4v) is 4.28. The normalized spacial score (nSPS) is 27.0. The molecule has 1 fully saturated rings. The van der Waals surface area contributed by atoms with Crippen LogP contribution in [-0.2, 0) is 16.4 Å². The monoisotopic (exact) mass is 313 g/mol. The van der Waals surface area contributed by atoms with Crippen molar-refractivity contribution in [2.75, 3.05) is 20.2 Å². The van der Waals surface area contributed by atoms with Gasteiger partial charge in [-0.1, -0.05) is 13.8 Å². The Morgan fingerprint density at radius 1 is 1.48 bits per heavy atom. The predicted molar refractivity (Wildman–Crippen MR) is 80.9 cm³/mol. The number of sulfonamides is 1. The minimum atomic E-state index is -3.58. The Bertz CT molecular complexity index is 625. The zero-order valence-electron chi connectivity index (χ0n) is 13.0. The van der Waals surface area contributed by atoms with E-state index in [1.807, 2.05) is 13.8 Å². The molecule has 6 heteroatoms. The number of ether oxygens (including phenoxy) is 1. The molecule has 0 aliphatic carbocycles. The summed E-state index contributed by atoms with van der Waals surface area (Å²) in [4.78, 5) is 0.255. The summed E-state index contributed by atoms with van der Waals surface area (Å²) >= 11 is 0. The van der Waals surface area contributed by atoms with E-state index in [2.05, 4.69) is 0 Å². The molecular formula is C15H23NO4S. The summed E-state index contributed by atoms with van der Waals surface area (Å²) in [6.07, 6.45) is 0.695. The number of methoxy groups -OCH3 is 1. The molecule has 0 saturated carbocycles. The highest BCUT2D eigenvalue weighted by Gasteiger charge is 2.43. The molecule has 1 N–H and O–H groups in total. The molecule has 1 aliphatic rings. The number of rotatable bonds is 4. The van der Waals surface area contributed by atoms with Gasteiger partial charge in [-0.2, -0.15) is 4.31 Å². The van der Waals surface area contributed by atoms with E-state index in [1.54, 1.807) is 32.2 Å². The molecule has 2 rings (SSSR count). The number of hydrogen-bond acceptors (Lipinski definition) is 4. The van der Waals surface area contributed by atoms with Crippen LogP contribution in [0.1, 0.15) is 26.3 Å². The molecule has 21 heavy (non-hydrogen) atoms. The van der Waals surface area contributed by atoms with Crippen molar-refractivity contribution in [3.8, 4) is 5.75 Å². The quantitative estimate of drug-likeness (QED) is 0.918. The van der Waals surface area contributed by atoms with Crippen LogP contribution in [0.4, 0.5) is 0 Å². The SMILES string of the molecule is CCc1cc(S(=O)(=O)N2C[C@@H](C)[C@@](C)(O)C2)ccc1OC. The number of hydrogen-bond donors (Lipinski definition) is 1. The van der Waals surface area contributed by atoms with Crippen molar-refractivity contribution < 1.29 is 18.3 Å². The summed E-state index contributed by atoms with van der Waals surface area (Å²) in [6, 6.07) is 4.90. The average Bonchev–Trinajstić information content (AvgIpc) is 2.72. The zero-order chi connectivity index (χ0) is 15.8. The van der Waals surface area contributed by atoms with Gasteiger partial charge in [0.05, 0.1) is 17.6 Å². The molecular weight excluding hydrogens is 290 g/mol. The third-order valence-corrected chi connectivity index (χ3v) is 6.11. The smallest absolute Gasteiger partial charge is 0.243 e. The van der Waals surface area contributed by atoms with Crippen LogP contribution in [-0.4, -0.2) is 43.6 Å². The van der Waals surface area contributed by atoms with Crippen molar-refractivity contribution in [1.82, 2.24) is 4.31 Å². The molecule has 1 aliphatic heterocycles. The second-order valence-electron chi connectivity index (χ2n) is 5.88. The standard InChI is InChI=1S/C15H23NO4S/c1-5-12-8-13(6-7-14(12)20-4)21(18,19)16-9-11(2)15(3,17)10-16/h6-8,11,17H,5,9-10H2,1-4H3/t11-,15+/m1/s1. The molecule has 0 spiro atoms. The highest BCUT2D eigenvalue weighted by Crippen LogP contribution is 2.32. The number of benzene rings is 1. The topological polar surface area (TPSA) is 66.8 Å². The van der Waals surface area contributed by atoms with Gasteiger partial charge in [-0.3, -0.25) is 0 Å². The van der Waals surface area contributed by atoms with Crippen molar-refractivity contribution in [1.29, 1.82) is 0 Å². The first-order valence-electron chi connectivity index (χ1n) is 7.11. The van der Waals surface area contributed by atoms with Gasteiger partial charge in [0.2, 0.25) is 10.0 Å². The molecule has 0 amide bonds. The summed E-state index contributed by atoms with van der Waals surface area (Å²) in [5.74, 6) is 0.606. The van der Waals surface area contributed by atoms with Crippen molar-refractivity contribution in [3.63, 3.8) is 0 Å². The first kappa shape index (κ1) is 16.3. The molecule has 1 heterocycles. The van der Waals surface area contributed by atoms with Gasteiger partial charge in [0.1, 0.15) is 5.75 Å². The molecule has 0 radical (unpaired) electrons. The summed E-state index contributed by atoms with van der Waals surface area (Å²) in [7, 11) is -2.01. The average molecular weight is 313 g/mol. The molecule has 2 atom stereocenters. The van der Waals surface area contributed by atoms with Gasteiger partial charge in [-0.25, -0.2) is 8.42 Å². The van der Waals surface area contributed by atoms with Crippen LogP contribution in [0.3, 0.4) is 0 Å². The van der Waals surface area contributed by atoms with Gasteiger partial charge < -0.3 is 9.84 Å². The Morgan fingerprint density at radius 2 is 2.14 bits per heavy atom. The van der Waals surface area contributed by atoms with E-state index < -0.39 is 15.6 Å². The molecule has 1 aromatic carbocycles. The number of nitrogens with zero attached hydrogens (tertiary/aromatic N) is 1. The minimum absolute atomic E-state index is 0.0869. The largest absolute Gasteiger partial charge is 0.496 e. The maximum absolute atomic E-state index is 12.7. The van der Waals surface area contributed by atoms with Gasteiger partial charge in [-0.15, -0.1) is 0 Å². The van der Waals surface area contributed by atoms with Crippen LogP contribution in [0.2, 0.25) is 0 Å². The summed E-state index contributed by atoms with van der Waals surface area (Å²) in [5.41, 5.74) is -0.120. The first-order chi connectivity index (χ1) is 9.72. The summed E-state index contributed by atoms with van der Waals surface area (Å²) in [5, 5.41) is 10.2. The van der Waals surface area contributed by atoms with E-state index in [-0.39, 0.29) is 17.4 Å². The Labute approximate surface area is 126 Å². The lowest BCUT2D eigenvalue weighted by Crippen LogP contribution is -2.35. The van der Waals surface area contributed by atoms with Gasteiger partial charge in [0.25, 0.3) is 0 Å². The maximum Gasteiger partial charge on any atom is 0.243 e. The van der Waals surface area contributed by atoms with E-state index in [9.17, 15) is 13.5 Å². The number of aryl methyl sites for hydroxylation is 1. The van der Waals surface area contributed by atoms with E-state index in [0.717, 1.165) is 5.56 Å². The molecule has 1 aromatic rings. The lowest BCUT2D eigenvalue weighted by atomic mass is 9.95. The molecule has 0 unspecified atom stereocenters. The maximum atomic E-state index is 12.7. The summed E-state index contributed by atoms with van der Waals surface area (Å²) < 4.78 is 32.0. The number of β-amino-alcohol motifs (C(OH)–C–C–N with tert-alkyl or cyclic N) is 1. The van der Waals surface area contributed by atoms with E-state index >= 15 is 0 Å². The van der Waals surface area contributed by atoms with Crippen molar-refractivity contribution >= 4 is 10.0 Å². The molecule has 118 valence electrons. The Hall–Kier alpha value is -1.11. The van der Waals surface area contributed by atoms with Gasteiger partial charge in [-0.05, 0) is 43.0 Å². The van der Waals surface area contributed by atoms with Crippen molar-refractivity contribution in [2.45, 2.75) is 37.7 Å². The van der Waals surface area contributed by atoms with E-state index in [1.165, 1.54) is 4.31 Å². The van der Waals surface area contributed by atoms with Crippen LogP contribution in [0.25, 0.3) is 0 Å². The highest BCUT2D eigenvalue weighted by molar-refractivity contribution is 7.89. The summed E-state index contributed by atoms with van der Waals surface area (Å²) in [6.45, 7) is 5.96. The van der Waals surface area contributed by atoms with Crippen LogP contribution >= 0.6 is 0 Å². The fourth-order valence-electron chi connectivity index (χ4n) is 2.60. The van der Waals surface area contributed by atoms with Crippen molar-refractivity contribution in [2.24, 2.45) is 5.92 Å². The third-order valence-electron chi connectivity index (χ3n) is 4.31. The van der Waals surface area contributed by atoms with Crippen LogP contribution < -0.4 is 4.74 Å². The molecule has 0 aromatic heterocycles. The molecule has 1 saturated heterocycles. The first-order valence-corrected chi connectivity index (χ1v) is 8.56. The second kappa shape index (κ2) is 5.59. The Balaban J connectivity index is 2.37. The van der Waals surface area contributed by atoms with Crippen molar-refractivity contribution in [3.05, 3.63) is 23.8 Å². The Kier molecular flexibility index (Phi) is 4.33. The van der Waals surface area contributed by atoms with Gasteiger partial charge in [0, 0.05) is 13.1 Å².